The summed E-state index contributed by atoms with van der Waals surface area (Å²) in [5, 5.41) is 4.48. The zero-order chi connectivity index (χ0) is 13.1. The summed E-state index contributed by atoms with van der Waals surface area (Å²) < 4.78 is 13.5. The van der Waals surface area contributed by atoms with Gasteiger partial charge in [-0.15, -0.1) is 0 Å². The Morgan fingerprint density at radius 3 is 2.61 bits per heavy atom. The van der Waals surface area contributed by atoms with Crippen LogP contribution in [-0.4, -0.2) is 29.1 Å². The lowest BCUT2D eigenvalue weighted by atomic mass is 9.99. The highest BCUT2D eigenvalue weighted by molar-refractivity contribution is 8.07. The minimum atomic E-state index is -0.133. The van der Waals surface area contributed by atoms with Gasteiger partial charge in [0.25, 0.3) is 0 Å². The average molecular weight is 285 g/mol. The Labute approximate surface area is 117 Å². The molecule has 0 aliphatic carbocycles. The van der Waals surface area contributed by atoms with Crippen LogP contribution in [0.25, 0.3) is 0 Å². The summed E-state index contributed by atoms with van der Waals surface area (Å²) >= 11 is 4.02. The monoisotopic (exact) mass is 285 g/mol. The first kappa shape index (κ1) is 14.2. The van der Waals surface area contributed by atoms with E-state index in [1.165, 1.54) is 11.5 Å². The van der Waals surface area contributed by atoms with Gasteiger partial charge in [0.2, 0.25) is 0 Å². The van der Waals surface area contributed by atoms with Gasteiger partial charge < -0.3 is 5.32 Å². The van der Waals surface area contributed by atoms with Crippen molar-refractivity contribution in [2.45, 2.75) is 30.4 Å². The first-order valence-electron chi connectivity index (χ1n) is 6.29. The minimum Gasteiger partial charge on any atom is -0.312 e. The van der Waals surface area contributed by atoms with Crippen molar-refractivity contribution in [3.8, 4) is 0 Å². The third kappa shape index (κ3) is 3.22. The van der Waals surface area contributed by atoms with Crippen molar-refractivity contribution in [1.82, 2.24) is 5.32 Å². The molecule has 1 aliphatic rings. The van der Waals surface area contributed by atoms with Crippen molar-refractivity contribution in [3.05, 3.63) is 35.1 Å². The number of aryl methyl sites for hydroxylation is 1. The predicted octanol–water partition coefficient (Wildman–Crippen LogP) is 3.63. The summed E-state index contributed by atoms with van der Waals surface area (Å²) in [5.74, 6) is 2.28. The number of hydrogen-bond donors (Lipinski definition) is 1. The maximum atomic E-state index is 13.5. The molecule has 0 saturated carbocycles. The molecule has 0 spiro atoms. The lowest BCUT2D eigenvalue weighted by Gasteiger charge is -2.34. The fraction of sp³-hybridized carbons (Fsp3) is 0.571. The summed E-state index contributed by atoms with van der Waals surface area (Å²) in [6.07, 6.45) is 0. The quantitative estimate of drug-likeness (QED) is 0.911. The van der Waals surface area contributed by atoms with Crippen molar-refractivity contribution in [1.29, 1.82) is 0 Å². The fourth-order valence-electron chi connectivity index (χ4n) is 2.48. The molecule has 0 bridgehead atoms. The van der Waals surface area contributed by atoms with Crippen LogP contribution in [0, 0.1) is 12.7 Å². The zero-order valence-corrected chi connectivity index (χ0v) is 12.7. The number of hydrogen-bond acceptors (Lipinski definition) is 3. The van der Waals surface area contributed by atoms with Crippen LogP contribution < -0.4 is 5.32 Å². The molecule has 1 N–H and O–H groups in total. The Balaban J connectivity index is 2.26. The number of thioether (sulfide) groups is 2. The van der Waals surface area contributed by atoms with Crippen molar-refractivity contribution < 1.29 is 4.39 Å². The largest absolute Gasteiger partial charge is 0.312 e. The molecule has 0 aromatic heterocycles. The molecular weight excluding hydrogens is 265 g/mol. The Bertz CT molecular complexity index is 391. The van der Waals surface area contributed by atoms with Gasteiger partial charge in [0.05, 0.1) is 0 Å². The molecule has 100 valence electrons. The Morgan fingerprint density at radius 2 is 2.00 bits per heavy atom. The van der Waals surface area contributed by atoms with Crippen molar-refractivity contribution in [2.75, 3.05) is 18.6 Å². The van der Waals surface area contributed by atoms with Crippen LogP contribution in [0.3, 0.4) is 0 Å². The lowest BCUT2D eigenvalue weighted by molar-refractivity contribution is 0.551. The van der Waals surface area contributed by atoms with Gasteiger partial charge in [0, 0.05) is 28.0 Å². The molecule has 0 amide bonds. The molecule has 3 unspecified atom stereocenters. The van der Waals surface area contributed by atoms with Gasteiger partial charge in [-0.05, 0) is 37.2 Å². The Kier molecular flexibility index (Phi) is 4.98. The molecule has 1 saturated heterocycles. The molecule has 2 rings (SSSR count). The van der Waals surface area contributed by atoms with Gasteiger partial charge in [-0.1, -0.05) is 13.0 Å². The van der Waals surface area contributed by atoms with E-state index in [0.717, 1.165) is 11.1 Å². The van der Waals surface area contributed by atoms with Gasteiger partial charge in [-0.25, -0.2) is 4.39 Å². The van der Waals surface area contributed by atoms with E-state index in [2.05, 4.69) is 18.3 Å². The fourth-order valence-corrected chi connectivity index (χ4v) is 5.47. The molecule has 1 aromatic carbocycles. The van der Waals surface area contributed by atoms with Crippen LogP contribution >= 0.6 is 23.5 Å². The van der Waals surface area contributed by atoms with Gasteiger partial charge in [0.1, 0.15) is 5.82 Å². The molecule has 4 heteroatoms. The highest BCUT2D eigenvalue weighted by Gasteiger charge is 2.30. The number of halogens is 1. The second-order valence-corrected chi connectivity index (χ2v) is 7.51. The van der Waals surface area contributed by atoms with Crippen molar-refractivity contribution in [3.63, 3.8) is 0 Å². The normalized spacial score (nSPS) is 26.0. The molecule has 1 nitrogen and oxygen atoms in total. The lowest BCUT2D eigenvalue weighted by Crippen LogP contribution is -2.36. The van der Waals surface area contributed by atoms with Crippen molar-refractivity contribution in [2.24, 2.45) is 0 Å². The van der Waals surface area contributed by atoms with Crippen LogP contribution in [0.4, 0.5) is 4.39 Å². The SMILES string of the molecule is CNC(c1cc(C)cc(F)c1)C1SCCSC1C. The van der Waals surface area contributed by atoms with Crippen molar-refractivity contribution >= 4 is 23.5 Å². The number of rotatable bonds is 3. The summed E-state index contributed by atoms with van der Waals surface area (Å²) in [5.41, 5.74) is 2.06. The molecule has 1 fully saturated rings. The Morgan fingerprint density at radius 1 is 1.28 bits per heavy atom. The van der Waals surface area contributed by atoms with Crippen LogP contribution in [0.15, 0.2) is 18.2 Å². The van der Waals surface area contributed by atoms with E-state index in [4.69, 9.17) is 0 Å². The van der Waals surface area contributed by atoms with E-state index in [-0.39, 0.29) is 11.9 Å². The van der Waals surface area contributed by atoms with E-state index >= 15 is 0 Å². The van der Waals surface area contributed by atoms with Crippen LogP contribution in [0.5, 0.6) is 0 Å². The van der Waals surface area contributed by atoms with Gasteiger partial charge >= 0.3 is 0 Å². The standard InChI is InChI=1S/C14H20FNS2/c1-9-6-11(8-12(15)7-9)13(16-3)14-10(2)17-4-5-18-14/h6-8,10,13-14,16H,4-5H2,1-3H3. The second-order valence-electron chi connectivity index (χ2n) is 4.74. The maximum Gasteiger partial charge on any atom is 0.123 e. The van der Waals surface area contributed by atoms with E-state index < -0.39 is 0 Å². The first-order chi connectivity index (χ1) is 8.61. The predicted molar refractivity (Wildman–Crippen MR) is 81.1 cm³/mol. The average Bonchev–Trinajstić information content (AvgIpc) is 2.31. The van der Waals surface area contributed by atoms with Crippen LogP contribution in [0.2, 0.25) is 0 Å². The summed E-state index contributed by atoms with van der Waals surface area (Å²) in [7, 11) is 1.97. The highest BCUT2D eigenvalue weighted by Crippen LogP contribution is 2.38. The van der Waals surface area contributed by atoms with E-state index in [1.54, 1.807) is 12.1 Å². The van der Waals surface area contributed by atoms with E-state index in [9.17, 15) is 4.39 Å². The van der Waals surface area contributed by atoms with Gasteiger partial charge in [-0.3, -0.25) is 0 Å². The maximum absolute atomic E-state index is 13.5. The number of benzene rings is 1. The van der Waals surface area contributed by atoms with Gasteiger partial charge in [0.15, 0.2) is 0 Å². The summed E-state index contributed by atoms with van der Waals surface area (Å²) in [6.45, 7) is 4.23. The molecular formula is C14H20FNS2. The Hall–Kier alpha value is -0.190. The zero-order valence-electron chi connectivity index (χ0n) is 11.1. The molecule has 1 aromatic rings. The summed E-state index contributed by atoms with van der Waals surface area (Å²) in [6, 6.07) is 5.58. The van der Waals surface area contributed by atoms with E-state index in [0.29, 0.717) is 10.5 Å². The van der Waals surface area contributed by atoms with Crippen LogP contribution in [-0.2, 0) is 0 Å². The smallest absolute Gasteiger partial charge is 0.123 e. The highest BCUT2D eigenvalue weighted by atomic mass is 32.2. The molecule has 1 heterocycles. The first-order valence-corrected chi connectivity index (χ1v) is 8.39. The number of nitrogens with one attached hydrogen (secondary N) is 1. The summed E-state index contributed by atoms with van der Waals surface area (Å²) in [4.78, 5) is 0. The third-order valence-corrected chi connectivity index (χ3v) is 6.49. The minimum absolute atomic E-state index is 0.133. The van der Waals surface area contributed by atoms with Gasteiger partial charge in [-0.2, -0.15) is 23.5 Å². The second kappa shape index (κ2) is 6.31. The topological polar surface area (TPSA) is 12.0 Å². The third-order valence-electron chi connectivity index (χ3n) is 3.30. The van der Waals surface area contributed by atoms with E-state index in [1.807, 2.05) is 37.5 Å². The molecule has 3 atom stereocenters. The van der Waals surface area contributed by atoms with Crippen LogP contribution in [0.1, 0.15) is 24.1 Å². The molecule has 18 heavy (non-hydrogen) atoms. The molecule has 0 radical (unpaired) electrons. The molecule has 1 aliphatic heterocycles.